The lowest BCUT2D eigenvalue weighted by Crippen LogP contribution is -2.48. The molecule has 20 heavy (non-hydrogen) atoms. The molecule has 0 aromatic carbocycles. The smallest absolute Gasteiger partial charge is 0.325 e. The van der Waals surface area contributed by atoms with Gasteiger partial charge in [0.1, 0.15) is 18.3 Å². The predicted octanol–water partition coefficient (Wildman–Crippen LogP) is -2.98. The molecular weight excluding hydrogens is 272 g/mol. The highest BCUT2D eigenvalue weighted by Crippen LogP contribution is 2.38. The maximum atomic E-state index is 11.9. The Hall–Kier alpha value is -1.52. The van der Waals surface area contributed by atoms with Crippen LogP contribution in [0.2, 0.25) is 0 Å². The molecule has 2 rings (SSSR count). The summed E-state index contributed by atoms with van der Waals surface area (Å²) in [6.07, 6.45) is -2.85. The van der Waals surface area contributed by atoms with Crippen LogP contribution >= 0.6 is 0 Å². The van der Waals surface area contributed by atoms with E-state index in [0.29, 0.717) is 0 Å². The summed E-state index contributed by atoms with van der Waals surface area (Å²) in [5, 5.41) is 29.2. The van der Waals surface area contributed by atoms with E-state index in [4.69, 9.17) is 14.6 Å². The number of hydrogen-bond donors (Lipinski definition) is 5. The van der Waals surface area contributed by atoms with Crippen LogP contribution in [0.25, 0.3) is 0 Å². The molecule has 112 valence electrons. The van der Waals surface area contributed by atoms with E-state index in [9.17, 15) is 19.8 Å². The number of aliphatic hydroxyl groups is 3. The van der Waals surface area contributed by atoms with Crippen LogP contribution in [0.4, 0.5) is 0 Å². The Morgan fingerprint density at radius 2 is 2.15 bits per heavy atom. The van der Waals surface area contributed by atoms with E-state index in [2.05, 4.69) is 4.98 Å². The van der Waals surface area contributed by atoms with Crippen LogP contribution in [-0.2, 0) is 15.1 Å². The average molecular weight is 288 g/mol. The Morgan fingerprint density at radius 1 is 1.45 bits per heavy atom. The number of hydrogen-bond acceptors (Lipinski definition) is 7. The van der Waals surface area contributed by atoms with Gasteiger partial charge in [-0.2, -0.15) is 0 Å². The molecule has 0 bridgehead atoms. The van der Waals surface area contributed by atoms with Gasteiger partial charge in [-0.1, -0.05) is 0 Å². The molecule has 1 saturated heterocycles. The van der Waals surface area contributed by atoms with Gasteiger partial charge in [0.15, 0.2) is 5.60 Å². The topological polar surface area (TPSA) is 145 Å². The average Bonchev–Trinajstić information content (AvgIpc) is 2.65. The maximum Gasteiger partial charge on any atom is 0.325 e. The number of aromatic amines is 2. The molecule has 1 aliphatic rings. The predicted molar refractivity (Wildman–Crippen MR) is 65.2 cm³/mol. The highest BCUT2D eigenvalue weighted by Gasteiger charge is 2.56. The SMILES string of the molecule is COC[C@@]1(c2c[nH]c(=O)[nH]c2=O)O[C@H](CO)[C@@H](O)[C@H]1O. The summed E-state index contributed by atoms with van der Waals surface area (Å²) in [5.74, 6) is 0. The van der Waals surface area contributed by atoms with Crippen LogP contribution < -0.4 is 11.2 Å². The molecule has 1 aliphatic heterocycles. The Kier molecular flexibility index (Phi) is 4.06. The number of H-pyrrole nitrogens is 2. The van der Waals surface area contributed by atoms with Crippen molar-refractivity contribution in [1.29, 1.82) is 0 Å². The normalized spacial score (nSPS) is 33.5. The fourth-order valence-electron chi connectivity index (χ4n) is 2.39. The highest BCUT2D eigenvalue weighted by molar-refractivity contribution is 5.22. The molecule has 1 aromatic rings. The minimum absolute atomic E-state index is 0.0959. The number of rotatable bonds is 4. The van der Waals surface area contributed by atoms with Crippen molar-refractivity contribution in [2.45, 2.75) is 23.9 Å². The molecule has 0 amide bonds. The van der Waals surface area contributed by atoms with Crippen LogP contribution in [0.1, 0.15) is 5.56 Å². The highest BCUT2D eigenvalue weighted by atomic mass is 16.6. The second-order valence-electron chi connectivity index (χ2n) is 4.58. The Balaban J connectivity index is 2.55. The molecule has 0 unspecified atom stereocenters. The van der Waals surface area contributed by atoms with E-state index >= 15 is 0 Å². The monoisotopic (exact) mass is 288 g/mol. The van der Waals surface area contributed by atoms with Gasteiger partial charge >= 0.3 is 5.69 Å². The van der Waals surface area contributed by atoms with Crippen molar-refractivity contribution in [2.75, 3.05) is 20.3 Å². The van der Waals surface area contributed by atoms with Gasteiger partial charge in [-0.05, 0) is 0 Å². The van der Waals surface area contributed by atoms with E-state index in [1.165, 1.54) is 7.11 Å². The van der Waals surface area contributed by atoms with Crippen LogP contribution in [0.3, 0.4) is 0 Å². The number of aliphatic hydroxyl groups excluding tert-OH is 3. The Morgan fingerprint density at radius 3 is 2.65 bits per heavy atom. The number of aromatic nitrogens is 2. The zero-order valence-corrected chi connectivity index (χ0v) is 10.7. The van der Waals surface area contributed by atoms with Gasteiger partial charge in [-0.3, -0.25) is 9.78 Å². The zero-order valence-electron chi connectivity index (χ0n) is 10.7. The van der Waals surface area contributed by atoms with Crippen molar-refractivity contribution in [2.24, 2.45) is 0 Å². The van der Waals surface area contributed by atoms with Gasteiger partial charge < -0.3 is 29.8 Å². The summed E-state index contributed by atoms with van der Waals surface area (Å²) in [6, 6.07) is 0. The first-order chi connectivity index (χ1) is 9.46. The minimum Gasteiger partial charge on any atom is -0.394 e. The van der Waals surface area contributed by atoms with Crippen molar-refractivity contribution in [3.63, 3.8) is 0 Å². The molecule has 1 fully saturated rings. The summed E-state index contributed by atoms with van der Waals surface area (Å²) in [4.78, 5) is 27.2. The van der Waals surface area contributed by atoms with Crippen molar-refractivity contribution in [3.8, 4) is 0 Å². The van der Waals surface area contributed by atoms with E-state index in [1.807, 2.05) is 4.98 Å². The van der Waals surface area contributed by atoms with Crippen LogP contribution in [0.5, 0.6) is 0 Å². The summed E-state index contributed by atoms with van der Waals surface area (Å²) in [6.45, 7) is -0.776. The van der Waals surface area contributed by atoms with Gasteiger partial charge in [0.05, 0.1) is 18.8 Å². The Labute approximate surface area is 112 Å². The molecule has 9 heteroatoms. The molecule has 9 nitrogen and oxygen atoms in total. The van der Waals surface area contributed by atoms with Crippen LogP contribution in [-0.4, -0.2) is 63.9 Å². The van der Waals surface area contributed by atoms with Crippen LogP contribution in [0.15, 0.2) is 15.8 Å². The largest absolute Gasteiger partial charge is 0.394 e. The quantitative estimate of drug-likeness (QED) is 0.397. The first-order valence-corrected chi connectivity index (χ1v) is 5.92. The molecule has 5 N–H and O–H groups in total. The second-order valence-corrected chi connectivity index (χ2v) is 4.58. The molecule has 0 spiro atoms. The summed E-state index contributed by atoms with van der Waals surface area (Å²) < 4.78 is 10.4. The van der Waals surface area contributed by atoms with E-state index in [1.54, 1.807) is 0 Å². The zero-order chi connectivity index (χ0) is 14.9. The van der Waals surface area contributed by atoms with E-state index < -0.39 is 41.8 Å². The fraction of sp³-hybridized carbons (Fsp3) is 0.636. The number of nitrogens with one attached hydrogen (secondary N) is 2. The third kappa shape index (κ3) is 2.19. The van der Waals surface area contributed by atoms with Gasteiger partial charge in [0.2, 0.25) is 0 Å². The first kappa shape index (κ1) is 14.9. The van der Waals surface area contributed by atoms with Gasteiger partial charge in [-0.15, -0.1) is 0 Å². The van der Waals surface area contributed by atoms with E-state index in [0.717, 1.165) is 6.20 Å². The second kappa shape index (κ2) is 5.46. The third-order valence-corrected chi connectivity index (χ3v) is 3.36. The molecule has 0 saturated carbocycles. The molecule has 4 atom stereocenters. The van der Waals surface area contributed by atoms with Crippen molar-refractivity contribution < 1.29 is 24.8 Å². The number of methoxy groups -OCH3 is 1. The summed E-state index contributed by atoms with van der Waals surface area (Å²) >= 11 is 0. The minimum atomic E-state index is -1.67. The lowest BCUT2D eigenvalue weighted by molar-refractivity contribution is -0.132. The van der Waals surface area contributed by atoms with E-state index in [-0.39, 0.29) is 12.2 Å². The fourth-order valence-corrected chi connectivity index (χ4v) is 2.39. The van der Waals surface area contributed by atoms with Crippen molar-refractivity contribution in [1.82, 2.24) is 9.97 Å². The lowest BCUT2D eigenvalue weighted by atomic mass is 9.89. The summed E-state index contributed by atoms with van der Waals surface area (Å²) in [5.41, 5.74) is -3.24. The Bertz CT molecular complexity index is 583. The molecular formula is C11H16N2O7. The maximum absolute atomic E-state index is 11.9. The standard InChI is InChI=1S/C11H16N2O7/c1-19-4-11(5-2-12-10(18)13-9(5)17)8(16)7(15)6(3-14)20-11/h2,6-8,14-16H,3-4H2,1H3,(H2,12,13,17,18)/t6-,7-,8-,11+/m1/s1. The van der Waals surface area contributed by atoms with Crippen molar-refractivity contribution >= 4 is 0 Å². The molecule has 0 radical (unpaired) electrons. The lowest BCUT2D eigenvalue weighted by Gasteiger charge is -2.30. The number of ether oxygens (including phenoxy) is 2. The van der Waals surface area contributed by atoms with Crippen LogP contribution in [0, 0.1) is 0 Å². The van der Waals surface area contributed by atoms with Gasteiger partial charge in [0.25, 0.3) is 5.56 Å². The molecule has 0 aliphatic carbocycles. The first-order valence-electron chi connectivity index (χ1n) is 5.92. The van der Waals surface area contributed by atoms with Crippen molar-refractivity contribution in [3.05, 3.63) is 32.6 Å². The van der Waals surface area contributed by atoms with Gasteiger partial charge in [-0.25, -0.2) is 4.79 Å². The molecule has 1 aromatic heterocycles. The molecule has 2 heterocycles. The third-order valence-electron chi connectivity index (χ3n) is 3.36. The van der Waals surface area contributed by atoms with Gasteiger partial charge in [0, 0.05) is 13.3 Å². The summed E-state index contributed by atoms with van der Waals surface area (Å²) in [7, 11) is 1.33.